The Bertz CT molecular complexity index is 219. The van der Waals surface area contributed by atoms with Gasteiger partial charge >= 0.3 is 0 Å². The van der Waals surface area contributed by atoms with Crippen molar-refractivity contribution < 1.29 is 8.42 Å². The van der Waals surface area contributed by atoms with Crippen LogP contribution in [-0.2, 0) is 10.0 Å². The minimum Gasteiger partial charge on any atom is -0.313 e. The second kappa shape index (κ2) is 8.47. The van der Waals surface area contributed by atoms with Crippen LogP contribution < -0.4 is 10.0 Å². The first-order chi connectivity index (χ1) is 6.02. The molecule has 0 aromatic heterocycles. The molecule has 0 aliphatic heterocycles. The molecular weight excluding hydrogens is 224 g/mol. The van der Waals surface area contributed by atoms with E-state index in [1.54, 1.807) is 0 Å². The highest BCUT2D eigenvalue weighted by Gasteiger charge is 2.09. The molecule has 88 valence electrons. The van der Waals surface area contributed by atoms with Crippen molar-refractivity contribution in [2.45, 2.75) is 33.2 Å². The number of hydrogen-bond donors (Lipinski definition) is 2. The fourth-order valence-electron chi connectivity index (χ4n) is 1.01. The van der Waals surface area contributed by atoms with Crippen molar-refractivity contribution in [2.75, 3.05) is 18.8 Å². The molecule has 0 aromatic rings. The van der Waals surface area contributed by atoms with Gasteiger partial charge in [-0.3, -0.25) is 0 Å². The maximum atomic E-state index is 11.2. The number of halogens is 1. The third-order valence-corrected chi connectivity index (χ3v) is 3.19. The molecule has 4 nitrogen and oxygen atoms in total. The molecule has 1 atom stereocenters. The number of rotatable bonds is 7. The van der Waals surface area contributed by atoms with Crippen LogP contribution in [0.3, 0.4) is 0 Å². The van der Waals surface area contributed by atoms with Crippen molar-refractivity contribution in [3.8, 4) is 0 Å². The molecule has 14 heavy (non-hydrogen) atoms. The Hall–Kier alpha value is 0.160. The van der Waals surface area contributed by atoms with Crippen LogP contribution in [0.2, 0.25) is 0 Å². The minimum atomic E-state index is -3.04. The molecule has 0 bridgehead atoms. The quantitative estimate of drug-likeness (QED) is 0.695. The number of hydrogen-bond acceptors (Lipinski definition) is 3. The Morgan fingerprint density at radius 2 is 1.86 bits per heavy atom. The third-order valence-electron chi connectivity index (χ3n) is 1.63. The fourth-order valence-corrected chi connectivity index (χ4v) is 2.20. The fraction of sp³-hybridized carbons (Fsp3) is 1.00. The lowest BCUT2D eigenvalue weighted by Gasteiger charge is -2.12. The molecule has 0 aliphatic carbocycles. The predicted octanol–water partition coefficient (Wildman–Crippen LogP) is 0.736. The Labute approximate surface area is 93.3 Å². The van der Waals surface area contributed by atoms with Crippen LogP contribution in [0.1, 0.15) is 27.2 Å². The summed E-state index contributed by atoms with van der Waals surface area (Å²) in [6.45, 7) is 7.13. The molecule has 2 N–H and O–H groups in total. The van der Waals surface area contributed by atoms with E-state index in [0.29, 0.717) is 13.0 Å². The summed E-state index contributed by atoms with van der Waals surface area (Å²) >= 11 is 0. The van der Waals surface area contributed by atoms with Crippen molar-refractivity contribution in [1.29, 1.82) is 0 Å². The van der Waals surface area contributed by atoms with E-state index in [9.17, 15) is 8.42 Å². The zero-order chi connectivity index (χ0) is 10.3. The first-order valence-electron chi connectivity index (χ1n) is 4.72. The van der Waals surface area contributed by atoms with E-state index >= 15 is 0 Å². The van der Waals surface area contributed by atoms with Crippen molar-refractivity contribution >= 4 is 22.4 Å². The van der Waals surface area contributed by atoms with E-state index in [1.807, 2.05) is 20.8 Å². The van der Waals surface area contributed by atoms with Gasteiger partial charge in [0.15, 0.2) is 0 Å². The summed E-state index contributed by atoms with van der Waals surface area (Å²) in [6.07, 6.45) is 0.658. The summed E-state index contributed by atoms with van der Waals surface area (Å²) in [7, 11) is -3.04. The summed E-state index contributed by atoms with van der Waals surface area (Å²) in [5, 5.41) is 3.13. The summed E-state index contributed by atoms with van der Waals surface area (Å²) in [4.78, 5) is 0. The van der Waals surface area contributed by atoms with Gasteiger partial charge in [0.1, 0.15) is 0 Å². The molecule has 0 heterocycles. The Morgan fingerprint density at radius 3 is 2.29 bits per heavy atom. The van der Waals surface area contributed by atoms with Gasteiger partial charge in [-0.25, -0.2) is 13.1 Å². The van der Waals surface area contributed by atoms with E-state index in [2.05, 4.69) is 10.0 Å². The zero-order valence-corrected chi connectivity index (χ0v) is 10.7. The van der Waals surface area contributed by atoms with Crippen LogP contribution in [0, 0.1) is 0 Å². The topological polar surface area (TPSA) is 58.2 Å². The van der Waals surface area contributed by atoms with Crippen LogP contribution in [0.25, 0.3) is 0 Å². The molecule has 0 unspecified atom stereocenters. The second-order valence-corrected chi connectivity index (χ2v) is 5.05. The number of likely N-dealkylation sites (N-methyl/N-ethyl adjacent to an activating group) is 1. The van der Waals surface area contributed by atoms with Gasteiger partial charge < -0.3 is 5.32 Å². The summed E-state index contributed by atoms with van der Waals surface area (Å²) in [5.74, 6) is 0.214. The van der Waals surface area contributed by atoms with Gasteiger partial charge in [0.25, 0.3) is 0 Å². The van der Waals surface area contributed by atoms with Gasteiger partial charge in [0.05, 0.1) is 5.75 Å². The lowest BCUT2D eigenvalue weighted by Crippen LogP contribution is -2.39. The SMILES string of the molecule is CCCS(=O)(=O)NC[C@@H](C)NCC.Cl. The molecule has 0 aliphatic rings. The molecular formula is C8H21ClN2O2S. The van der Waals surface area contributed by atoms with Crippen molar-refractivity contribution in [1.82, 2.24) is 10.0 Å². The monoisotopic (exact) mass is 244 g/mol. The normalized spacial score (nSPS) is 13.4. The largest absolute Gasteiger partial charge is 0.313 e. The van der Waals surface area contributed by atoms with Gasteiger partial charge in [-0.2, -0.15) is 0 Å². The molecule has 0 fully saturated rings. The lowest BCUT2D eigenvalue weighted by molar-refractivity contribution is 0.535. The molecule has 0 amide bonds. The average molecular weight is 245 g/mol. The molecule has 0 saturated heterocycles. The number of nitrogens with one attached hydrogen (secondary N) is 2. The van der Waals surface area contributed by atoms with Crippen molar-refractivity contribution in [3.63, 3.8) is 0 Å². The highest BCUT2D eigenvalue weighted by Crippen LogP contribution is 1.88. The Kier molecular flexibility index (Phi) is 10.0. The molecule has 6 heteroatoms. The summed E-state index contributed by atoms with van der Waals surface area (Å²) in [6, 6.07) is 0.191. The summed E-state index contributed by atoms with van der Waals surface area (Å²) in [5.41, 5.74) is 0. The average Bonchev–Trinajstić information content (AvgIpc) is 2.02. The molecule has 0 spiro atoms. The van der Waals surface area contributed by atoms with Crippen molar-refractivity contribution in [3.05, 3.63) is 0 Å². The Balaban J connectivity index is 0. The van der Waals surface area contributed by atoms with Crippen molar-refractivity contribution in [2.24, 2.45) is 0 Å². The second-order valence-electron chi connectivity index (χ2n) is 3.13. The highest BCUT2D eigenvalue weighted by atomic mass is 35.5. The van der Waals surface area contributed by atoms with Gasteiger partial charge in [-0.15, -0.1) is 12.4 Å². The molecule has 0 saturated carbocycles. The van der Waals surface area contributed by atoms with E-state index < -0.39 is 10.0 Å². The molecule has 0 radical (unpaired) electrons. The lowest BCUT2D eigenvalue weighted by atomic mass is 10.3. The van der Waals surface area contributed by atoms with Crippen LogP contribution in [0.4, 0.5) is 0 Å². The van der Waals surface area contributed by atoms with Gasteiger partial charge in [0, 0.05) is 12.6 Å². The molecule has 0 rings (SSSR count). The van der Waals surface area contributed by atoms with Crippen LogP contribution >= 0.6 is 12.4 Å². The zero-order valence-electron chi connectivity index (χ0n) is 9.04. The minimum absolute atomic E-state index is 0. The van der Waals surface area contributed by atoms with E-state index in [0.717, 1.165) is 6.54 Å². The maximum Gasteiger partial charge on any atom is 0.211 e. The van der Waals surface area contributed by atoms with E-state index in [-0.39, 0.29) is 24.2 Å². The molecule has 0 aromatic carbocycles. The maximum absolute atomic E-state index is 11.2. The highest BCUT2D eigenvalue weighted by molar-refractivity contribution is 7.89. The first kappa shape index (κ1) is 16.6. The van der Waals surface area contributed by atoms with Gasteiger partial charge in [0.2, 0.25) is 10.0 Å². The standard InChI is InChI=1S/C8H20N2O2S.ClH/c1-4-6-13(11,12)10-7-8(3)9-5-2;/h8-10H,4-7H2,1-3H3;1H/t8-;/m1./s1. The van der Waals surface area contributed by atoms with Crippen LogP contribution in [0.5, 0.6) is 0 Å². The predicted molar refractivity (Wildman–Crippen MR) is 62.5 cm³/mol. The first-order valence-corrected chi connectivity index (χ1v) is 6.37. The van der Waals surface area contributed by atoms with E-state index in [1.165, 1.54) is 0 Å². The van der Waals surface area contributed by atoms with Gasteiger partial charge in [-0.1, -0.05) is 13.8 Å². The number of sulfonamides is 1. The smallest absolute Gasteiger partial charge is 0.211 e. The summed E-state index contributed by atoms with van der Waals surface area (Å²) < 4.78 is 25.0. The third kappa shape index (κ3) is 8.74. The van der Waals surface area contributed by atoms with E-state index in [4.69, 9.17) is 0 Å². The Morgan fingerprint density at radius 1 is 1.29 bits per heavy atom. The van der Waals surface area contributed by atoms with Gasteiger partial charge in [-0.05, 0) is 19.9 Å². The van der Waals surface area contributed by atoms with Crippen LogP contribution in [-0.4, -0.2) is 33.3 Å². The van der Waals surface area contributed by atoms with Crippen LogP contribution in [0.15, 0.2) is 0 Å².